The largest absolute Gasteiger partial charge is 0.469 e. The first kappa shape index (κ1) is 12.9. The van der Waals surface area contributed by atoms with Crippen LogP contribution in [-0.4, -0.2) is 16.8 Å². The van der Waals surface area contributed by atoms with Gasteiger partial charge in [0.25, 0.3) is 0 Å². The van der Waals surface area contributed by atoms with E-state index in [4.69, 9.17) is 4.42 Å². The first-order valence-corrected chi connectivity index (χ1v) is 6.38. The second-order valence-corrected chi connectivity index (χ2v) is 4.58. The topological polar surface area (TPSA) is 43.0 Å². The molecule has 0 radical (unpaired) electrons. The Morgan fingerprint density at radius 3 is 2.78 bits per heavy atom. The molecular formula is C14H21N3O. The molecule has 0 aliphatic carbocycles. The van der Waals surface area contributed by atoms with Crippen LogP contribution in [-0.2, 0) is 19.9 Å². The first-order chi connectivity index (χ1) is 8.65. The van der Waals surface area contributed by atoms with Crippen molar-refractivity contribution in [3.63, 3.8) is 0 Å². The number of hydrogen-bond acceptors (Lipinski definition) is 3. The minimum Gasteiger partial charge on any atom is -0.469 e. The zero-order valence-electron chi connectivity index (χ0n) is 11.5. The van der Waals surface area contributed by atoms with Gasteiger partial charge in [-0.2, -0.15) is 5.10 Å². The number of likely N-dealkylation sites (N-methyl/N-ethyl adjacent to an activating group) is 1. The van der Waals surface area contributed by atoms with Crippen LogP contribution < -0.4 is 5.32 Å². The highest BCUT2D eigenvalue weighted by Gasteiger charge is 2.16. The van der Waals surface area contributed by atoms with Gasteiger partial charge >= 0.3 is 0 Å². The quantitative estimate of drug-likeness (QED) is 0.882. The van der Waals surface area contributed by atoms with Gasteiger partial charge in [-0.3, -0.25) is 4.68 Å². The van der Waals surface area contributed by atoms with Crippen molar-refractivity contribution in [2.75, 3.05) is 7.05 Å². The third kappa shape index (κ3) is 2.48. The Kier molecular flexibility index (Phi) is 3.87. The lowest BCUT2D eigenvalue weighted by molar-refractivity contribution is 0.506. The van der Waals surface area contributed by atoms with Crippen molar-refractivity contribution in [1.29, 1.82) is 0 Å². The van der Waals surface area contributed by atoms with Gasteiger partial charge in [-0.15, -0.1) is 0 Å². The summed E-state index contributed by atoms with van der Waals surface area (Å²) in [6.07, 6.45) is 3.64. The molecule has 2 aromatic heterocycles. The number of aromatic nitrogens is 2. The lowest BCUT2D eigenvalue weighted by Crippen LogP contribution is -2.20. The smallest absolute Gasteiger partial charge is 0.105 e. The van der Waals surface area contributed by atoms with Crippen molar-refractivity contribution in [1.82, 2.24) is 15.1 Å². The zero-order chi connectivity index (χ0) is 13.1. The maximum atomic E-state index is 5.38. The zero-order valence-corrected chi connectivity index (χ0v) is 11.5. The van der Waals surface area contributed by atoms with Crippen LogP contribution in [0.25, 0.3) is 0 Å². The van der Waals surface area contributed by atoms with E-state index in [1.165, 1.54) is 11.3 Å². The molecule has 4 heteroatoms. The van der Waals surface area contributed by atoms with Crippen molar-refractivity contribution in [2.45, 2.75) is 32.7 Å². The highest BCUT2D eigenvalue weighted by atomic mass is 16.3. The number of rotatable bonds is 5. The van der Waals surface area contributed by atoms with Gasteiger partial charge in [0.05, 0.1) is 12.0 Å². The van der Waals surface area contributed by atoms with E-state index in [1.807, 2.05) is 31.8 Å². The van der Waals surface area contributed by atoms with E-state index in [0.29, 0.717) is 0 Å². The maximum absolute atomic E-state index is 5.38. The summed E-state index contributed by atoms with van der Waals surface area (Å²) in [7, 11) is 3.98. The van der Waals surface area contributed by atoms with Crippen molar-refractivity contribution in [3.05, 3.63) is 41.1 Å². The molecule has 18 heavy (non-hydrogen) atoms. The molecule has 2 aromatic rings. The molecule has 0 aliphatic rings. The molecule has 0 bridgehead atoms. The average molecular weight is 247 g/mol. The van der Waals surface area contributed by atoms with Crippen LogP contribution in [0.3, 0.4) is 0 Å². The Morgan fingerprint density at radius 1 is 1.50 bits per heavy atom. The molecule has 0 aliphatic heterocycles. The van der Waals surface area contributed by atoms with Crippen LogP contribution >= 0.6 is 0 Å². The minimum atomic E-state index is 0.267. The third-order valence-electron chi connectivity index (χ3n) is 3.43. The standard InChI is InChI=1S/C14H21N3O/c1-5-11-8-12(17(4)16-11)9-14(15-3)13-6-7-18-10(13)2/h6-8,14-15H,5,9H2,1-4H3. The summed E-state index contributed by atoms with van der Waals surface area (Å²) >= 11 is 0. The predicted octanol–water partition coefficient (Wildman–Crippen LogP) is 2.39. The fraction of sp³-hybridized carbons (Fsp3) is 0.500. The fourth-order valence-corrected chi connectivity index (χ4v) is 2.27. The van der Waals surface area contributed by atoms with Gasteiger partial charge in [-0.25, -0.2) is 0 Å². The van der Waals surface area contributed by atoms with Crippen LogP contribution in [0.4, 0.5) is 0 Å². The molecule has 2 rings (SSSR count). The molecule has 1 unspecified atom stereocenters. The molecule has 0 amide bonds. The molecule has 4 nitrogen and oxygen atoms in total. The van der Waals surface area contributed by atoms with Crippen LogP contribution in [0.1, 0.15) is 35.7 Å². The summed E-state index contributed by atoms with van der Waals surface area (Å²) in [6, 6.07) is 4.48. The molecule has 0 spiro atoms. The van der Waals surface area contributed by atoms with Gasteiger partial charge in [-0.05, 0) is 32.5 Å². The van der Waals surface area contributed by atoms with Gasteiger partial charge in [-0.1, -0.05) is 6.92 Å². The summed E-state index contributed by atoms with van der Waals surface area (Å²) in [5.41, 5.74) is 3.61. The number of hydrogen-bond donors (Lipinski definition) is 1. The highest BCUT2D eigenvalue weighted by molar-refractivity contribution is 5.23. The van der Waals surface area contributed by atoms with Crippen LogP contribution in [0, 0.1) is 6.92 Å². The first-order valence-electron chi connectivity index (χ1n) is 6.38. The maximum Gasteiger partial charge on any atom is 0.105 e. The molecule has 1 atom stereocenters. The van der Waals surface area contributed by atoms with E-state index < -0.39 is 0 Å². The fourth-order valence-electron chi connectivity index (χ4n) is 2.27. The summed E-state index contributed by atoms with van der Waals surface area (Å²) in [4.78, 5) is 0. The second kappa shape index (κ2) is 5.40. The minimum absolute atomic E-state index is 0.267. The molecule has 0 saturated heterocycles. The second-order valence-electron chi connectivity index (χ2n) is 4.58. The van der Waals surface area contributed by atoms with Crippen molar-refractivity contribution in [3.8, 4) is 0 Å². The monoisotopic (exact) mass is 247 g/mol. The highest BCUT2D eigenvalue weighted by Crippen LogP contribution is 2.22. The van der Waals surface area contributed by atoms with Crippen molar-refractivity contribution < 1.29 is 4.42 Å². The predicted molar refractivity (Wildman–Crippen MR) is 71.5 cm³/mol. The summed E-state index contributed by atoms with van der Waals surface area (Å²) < 4.78 is 7.35. The van der Waals surface area contributed by atoms with Crippen molar-refractivity contribution in [2.24, 2.45) is 7.05 Å². The van der Waals surface area contributed by atoms with Gasteiger partial charge in [0.15, 0.2) is 0 Å². The Balaban J connectivity index is 2.20. The third-order valence-corrected chi connectivity index (χ3v) is 3.43. The molecule has 1 N–H and O–H groups in total. The number of nitrogens with one attached hydrogen (secondary N) is 1. The summed E-state index contributed by atoms with van der Waals surface area (Å²) in [5.74, 6) is 0.979. The van der Waals surface area contributed by atoms with E-state index in [1.54, 1.807) is 6.26 Å². The Morgan fingerprint density at radius 2 is 2.28 bits per heavy atom. The average Bonchev–Trinajstić information content (AvgIpc) is 2.93. The molecule has 0 fully saturated rings. The van der Waals surface area contributed by atoms with Crippen molar-refractivity contribution >= 4 is 0 Å². The summed E-state index contributed by atoms with van der Waals surface area (Å²) in [5, 5.41) is 7.83. The normalized spacial score (nSPS) is 12.9. The van der Waals surface area contributed by atoms with E-state index >= 15 is 0 Å². The molecule has 98 valence electrons. The number of nitrogens with zero attached hydrogens (tertiary/aromatic N) is 2. The summed E-state index contributed by atoms with van der Waals surface area (Å²) in [6.45, 7) is 4.13. The van der Waals surface area contributed by atoms with E-state index in [0.717, 1.165) is 24.3 Å². The van der Waals surface area contributed by atoms with Crippen LogP contribution in [0.2, 0.25) is 0 Å². The molecule has 0 saturated carbocycles. The Bertz CT molecular complexity index is 513. The van der Waals surface area contributed by atoms with Gasteiger partial charge in [0, 0.05) is 30.8 Å². The van der Waals surface area contributed by atoms with Gasteiger partial charge in [0.2, 0.25) is 0 Å². The SMILES string of the molecule is CCc1cc(CC(NC)c2ccoc2C)n(C)n1. The number of furan rings is 1. The Labute approximate surface area is 108 Å². The molecular weight excluding hydrogens is 226 g/mol. The van der Waals surface area contributed by atoms with Gasteiger partial charge < -0.3 is 9.73 Å². The van der Waals surface area contributed by atoms with E-state index in [-0.39, 0.29) is 6.04 Å². The lowest BCUT2D eigenvalue weighted by atomic mass is 10.0. The number of aryl methyl sites for hydroxylation is 3. The van der Waals surface area contributed by atoms with Gasteiger partial charge in [0.1, 0.15) is 5.76 Å². The van der Waals surface area contributed by atoms with Crippen LogP contribution in [0.5, 0.6) is 0 Å². The molecule has 2 heterocycles. The van der Waals surface area contributed by atoms with E-state index in [9.17, 15) is 0 Å². The Hall–Kier alpha value is -1.55. The molecule has 0 aromatic carbocycles. The van der Waals surface area contributed by atoms with Crippen LogP contribution in [0.15, 0.2) is 22.8 Å². The van der Waals surface area contributed by atoms with E-state index in [2.05, 4.69) is 23.4 Å². The lowest BCUT2D eigenvalue weighted by Gasteiger charge is -2.15.